The fraction of sp³-hybridized carbons (Fsp3) is 0.467. The van der Waals surface area contributed by atoms with Gasteiger partial charge in [-0.15, -0.1) is 0 Å². The van der Waals surface area contributed by atoms with Crippen molar-refractivity contribution in [1.29, 1.82) is 5.26 Å². The van der Waals surface area contributed by atoms with Gasteiger partial charge in [0.2, 0.25) is 10.0 Å². The van der Waals surface area contributed by atoms with Crippen LogP contribution in [0.5, 0.6) is 0 Å². The van der Waals surface area contributed by atoms with Crippen LogP contribution >= 0.6 is 0 Å². The minimum Gasteiger partial charge on any atom is -0.334 e. The number of nitriles is 1. The highest BCUT2D eigenvalue weighted by Crippen LogP contribution is 2.11. The second-order valence-corrected chi connectivity index (χ2v) is 7.40. The van der Waals surface area contributed by atoms with E-state index in [-0.39, 0.29) is 12.1 Å². The largest absolute Gasteiger partial charge is 0.334 e. The van der Waals surface area contributed by atoms with Gasteiger partial charge in [0.15, 0.2) is 0 Å². The molecule has 1 saturated heterocycles. The molecule has 0 spiro atoms. The zero-order valence-corrected chi connectivity index (χ0v) is 13.8. The third kappa shape index (κ3) is 5.54. The molecule has 0 bridgehead atoms. The molecule has 1 fully saturated rings. The monoisotopic (exact) mass is 336 g/mol. The summed E-state index contributed by atoms with van der Waals surface area (Å²) in [5.41, 5.74) is 1.43. The van der Waals surface area contributed by atoms with E-state index in [1.807, 2.05) is 6.07 Å². The van der Waals surface area contributed by atoms with Gasteiger partial charge in [-0.05, 0) is 30.5 Å². The lowest BCUT2D eigenvalue weighted by molar-refractivity contribution is 0.179. The highest BCUT2D eigenvalue weighted by molar-refractivity contribution is 7.88. The molecule has 2 rings (SSSR count). The average molecular weight is 336 g/mol. The molecule has 0 aromatic heterocycles. The first-order chi connectivity index (χ1) is 10.9. The maximum absolute atomic E-state index is 12.1. The van der Waals surface area contributed by atoms with Gasteiger partial charge in [0.25, 0.3) is 0 Å². The predicted molar refractivity (Wildman–Crippen MR) is 86.0 cm³/mol. The van der Waals surface area contributed by atoms with Crippen molar-refractivity contribution in [2.24, 2.45) is 0 Å². The van der Waals surface area contributed by atoms with Crippen LogP contribution in [-0.2, 0) is 16.6 Å². The standard InChI is InChI=1S/C15H20N4O3S/c1-23(21,22)18-14-5-7-19(8-6-14)15(20)17-11-13-4-2-3-12(9-13)10-16/h2-4,9,14,18H,5-8,11H2,1H3,(H,17,20). The lowest BCUT2D eigenvalue weighted by Gasteiger charge is -2.32. The second-order valence-electron chi connectivity index (χ2n) is 5.62. The van der Waals surface area contributed by atoms with Crippen LogP contribution in [-0.4, -0.2) is 44.7 Å². The van der Waals surface area contributed by atoms with Crippen molar-refractivity contribution >= 4 is 16.1 Å². The van der Waals surface area contributed by atoms with Crippen molar-refractivity contribution in [3.05, 3.63) is 35.4 Å². The normalized spacial score (nSPS) is 15.9. The van der Waals surface area contributed by atoms with Crippen LogP contribution in [0, 0.1) is 11.3 Å². The van der Waals surface area contributed by atoms with Gasteiger partial charge in [0.05, 0.1) is 17.9 Å². The topological polar surface area (TPSA) is 102 Å². The smallest absolute Gasteiger partial charge is 0.317 e. The van der Waals surface area contributed by atoms with Crippen LogP contribution in [0.4, 0.5) is 4.79 Å². The third-order valence-corrected chi connectivity index (χ3v) is 4.42. The van der Waals surface area contributed by atoms with Crippen molar-refractivity contribution in [2.75, 3.05) is 19.3 Å². The molecule has 1 aliphatic rings. The van der Waals surface area contributed by atoms with Crippen LogP contribution in [0.1, 0.15) is 24.0 Å². The molecular formula is C15H20N4O3S. The summed E-state index contributed by atoms with van der Waals surface area (Å²) >= 11 is 0. The Morgan fingerprint density at radius 3 is 2.70 bits per heavy atom. The number of likely N-dealkylation sites (tertiary alicyclic amines) is 1. The first-order valence-corrected chi connectivity index (χ1v) is 9.25. The van der Waals surface area contributed by atoms with E-state index in [9.17, 15) is 13.2 Å². The highest BCUT2D eigenvalue weighted by atomic mass is 32.2. The van der Waals surface area contributed by atoms with Gasteiger partial charge in [0.1, 0.15) is 0 Å². The molecule has 23 heavy (non-hydrogen) atoms. The molecule has 2 N–H and O–H groups in total. The first kappa shape index (κ1) is 17.2. The van der Waals surface area contributed by atoms with Crippen molar-refractivity contribution in [3.63, 3.8) is 0 Å². The van der Waals surface area contributed by atoms with E-state index in [1.54, 1.807) is 23.1 Å². The number of benzene rings is 1. The Morgan fingerprint density at radius 1 is 1.39 bits per heavy atom. The summed E-state index contributed by atoms with van der Waals surface area (Å²) < 4.78 is 25.0. The lowest BCUT2D eigenvalue weighted by atomic mass is 10.1. The molecule has 0 atom stereocenters. The Hall–Kier alpha value is -2.11. The van der Waals surface area contributed by atoms with E-state index in [1.165, 1.54) is 0 Å². The zero-order valence-electron chi connectivity index (χ0n) is 12.9. The van der Waals surface area contributed by atoms with Crippen LogP contribution in [0.3, 0.4) is 0 Å². The SMILES string of the molecule is CS(=O)(=O)NC1CCN(C(=O)NCc2cccc(C#N)c2)CC1. The van der Waals surface area contributed by atoms with Gasteiger partial charge >= 0.3 is 6.03 Å². The Morgan fingerprint density at radius 2 is 2.09 bits per heavy atom. The number of carbonyl (C=O) groups excluding carboxylic acids is 1. The third-order valence-electron chi connectivity index (χ3n) is 3.66. The van der Waals surface area contributed by atoms with Crippen LogP contribution < -0.4 is 10.0 Å². The van der Waals surface area contributed by atoms with E-state index >= 15 is 0 Å². The summed E-state index contributed by atoms with van der Waals surface area (Å²) in [6, 6.07) is 8.86. The zero-order chi connectivity index (χ0) is 16.9. The number of carbonyl (C=O) groups is 1. The van der Waals surface area contributed by atoms with E-state index in [0.29, 0.717) is 38.0 Å². The number of sulfonamides is 1. The van der Waals surface area contributed by atoms with Gasteiger partial charge in [-0.25, -0.2) is 17.9 Å². The maximum Gasteiger partial charge on any atom is 0.317 e. The van der Waals surface area contributed by atoms with E-state index in [4.69, 9.17) is 5.26 Å². The number of nitrogens with one attached hydrogen (secondary N) is 2. The molecule has 1 aliphatic heterocycles. The molecule has 1 aromatic rings. The minimum atomic E-state index is -3.21. The number of amides is 2. The summed E-state index contributed by atoms with van der Waals surface area (Å²) in [4.78, 5) is 13.8. The van der Waals surface area contributed by atoms with Crippen LogP contribution in [0.15, 0.2) is 24.3 Å². The molecule has 1 heterocycles. The Balaban J connectivity index is 1.80. The number of piperidine rings is 1. The lowest BCUT2D eigenvalue weighted by Crippen LogP contribution is -2.49. The molecule has 1 aromatic carbocycles. The number of hydrogen-bond acceptors (Lipinski definition) is 4. The summed E-state index contributed by atoms with van der Waals surface area (Å²) in [5.74, 6) is 0. The van der Waals surface area contributed by atoms with Crippen LogP contribution in [0.2, 0.25) is 0 Å². The van der Waals surface area contributed by atoms with Gasteiger partial charge < -0.3 is 10.2 Å². The fourth-order valence-electron chi connectivity index (χ4n) is 2.54. The Kier molecular flexibility index (Phi) is 5.58. The maximum atomic E-state index is 12.1. The molecule has 0 aliphatic carbocycles. The van der Waals surface area contributed by atoms with E-state index in [0.717, 1.165) is 11.8 Å². The molecule has 0 saturated carbocycles. The van der Waals surface area contributed by atoms with Gasteiger partial charge in [-0.3, -0.25) is 0 Å². The van der Waals surface area contributed by atoms with Crippen molar-refractivity contribution in [3.8, 4) is 6.07 Å². The Bertz CT molecular complexity index is 704. The van der Waals surface area contributed by atoms with Gasteiger partial charge in [0, 0.05) is 25.7 Å². The summed E-state index contributed by atoms with van der Waals surface area (Å²) in [7, 11) is -3.21. The average Bonchev–Trinajstić information content (AvgIpc) is 2.52. The summed E-state index contributed by atoms with van der Waals surface area (Å²) in [6.07, 6.45) is 2.34. The summed E-state index contributed by atoms with van der Waals surface area (Å²) in [5, 5.41) is 11.7. The molecule has 7 nitrogen and oxygen atoms in total. The fourth-order valence-corrected chi connectivity index (χ4v) is 3.38. The number of rotatable bonds is 4. The molecule has 0 radical (unpaired) electrons. The van der Waals surface area contributed by atoms with Crippen LogP contribution in [0.25, 0.3) is 0 Å². The van der Waals surface area contributed by atoms with E-state index in [2.05, 4.69) is 16.1 Å². The molecule has 2 amide bonds. The highest BCUT2D eigenvalue weighted by Gasteiger charge is 2.24. The molecular weight excluding hydrogens is 316 g/mol. The second kappa shape index (κ2) is 7.44. The van der Waals surface area contributed by atoms with Crippen molar-refractivity contribution < 1.29 is 13.2 Å². The molecule has 124 valence electrons. The minimum absolute atomic E-state index is 0.110. The molecule has 0 unspecified atom stereocenters. The Labute approximate surface area is 136 Å². The van der Waals surface area contributed by atoms with Gasteiger partial charge in [-0.2, -0.15) is 5.26 Å². The predicted octanol–water partition coefficient (Wildman–Crippen LogP) is 0.781. The molecule has 8 heteroatoms. The number of nitrogens with zero attached hydrogens (tertiary/aromatic N) is 2. The van der Waals surface area contributed by atoms with Crippen molar-refractivity contribution in [1.82, 2.24) is 14.9 Å². The van der Waals surface area contributed by atoms with E-state index < -0.39 is 10.0 Å². The first-order valence-electron chi connectivity index (χ1n) is 7.36. The summed E-state index contributed by atoms with van der Waals surface area (Å²) in [6.45, 7) is 1.38. The van der Waals surface area contributed by atoms with Crippen molar-refractivity contribution in [2.45, 2.75) is 25.4 Å². The number of urea groups is 1. The van der Waals surface area contributed by atoms with Gasteiger partial charge in [-0.1, -0.05) is 12.1 Å². The number of hydrogen-bond donors (Lipinski definition) is 2. The quantitative estimate of drug-likeness (QED) is 0.848.